The van der Waals surface area contributed by atoms with E-state index < -0.39 is 0 Å². The predicted octanol–water partition coefficient (Wildman–Crippen LogP) is 3.48. The van der Waals surface area contributed by atoms with E-state index in [2.05, 4.69) is 28.7 Å². The number of hydrogen-bond acceptors (Lipinski definition) is 2. The van der Waals surface area contributed by atoms with Crippen LogP contribution in [0.1, 0.15) is 36.0 Å². The van der Waals surface area contributed by atoms with E-state index in [1.165, 1.54) is 16.7 Å². The van der Waals surface area contributed by atoms with Crippen LogP contribution < -0.4 is 5.43 Å². The van der Waals surface area contributed by atoms with Crippen molar-refractivity contribution in [1.82, 2.24) is 5.43 Å². The predicted molar refractivity (Wildman–Crippen MR) is 88.8 cm³/mol. The van der Waals surface area contributed by atoms with Crippen LogP contribution in [0.5, 0.6) is 0 Å². The molecule has 0 spiro atoms. The molecule has 3 heteroatoms. The molecule has 1 N–H and O–H groups in total. The summed E-state index contributed by atoms with van der Waals surface area (Å²) in [6.45, 7) is 0. The van der Waals surface area contributed by atoms with Crippen LogP contribution >= 0.6 is 0 Å². The van der Waals surface area contributed by atoms with Gasteiger partial charge >= 0.3 is 0 Å². The van der Waals surface area contributed by atoms with Gasteiger partial charge < -0.3 is 0 Å². The van der Waals surface area contributed by atoms with E-state index in [9.17, 15) is 4.79 Å². The van der Waals surface area contributed by atoms with Gasteiger partial charge in [0.1, 0.15) is 0 Å². The first-order valence-electron chi connectivity index (χ1n) is 7.80. The van der Waals surface area contributed by atoms with Crippen LogP contribution in [-0.4, -0.2) is 11.6 Å². The van der Waals surface area contributed by atoms with Crippen molar-refractivity contribution in [2.24, 2.45) is 5.10 Å². The van der Waals surface area contributed by atoms with E-state index in [0.717, 1.165) is 31.4 Å². The van der Waals surface area contributed by atoms with Crippen LogP contribution in [0.15, 0.2) is 59.7 Å². The lowest BCUT2D eigenvalue weighted by Gasteiger charge is -2.17. The highest BCUT2D eigenvalue weighted by molar-refractivity contribution is 6.03. The number of benzene rings is 2. The number of hydrogen-bond donors (Lipinski definition) is 1. The van der Waals surface area contributed by atoms with Crippen molar-refractivity contribution in [3.05, 3.63) is 71.3 Å². The second-order valence-electron chi connectivity index (χ2n) is 5.59. The summed E-state index contributed by atoms with van der Waals surface area (Å²) in [4.78, 5) is 12.0. The molecule has 0 saturated heterocycles. The molecule has 0 bridgehead atoms. The van der Waals surface area contributed by atoms with Crippen molar-refractivity contribution in [2.45, 2.75) is 32.1 Å². The average molecular weight is 292 g/mol. The summed E-state index contributed by atoms with van der Waals surface area (Å²) in [5.74, 6) is -0.0283. The first-order valence-corrected chi connectivity index (χ1v) is 7.80. The molecule has 3 nitrogen and oxygen atoms in total. The first-order chi connectivity index (χ1) is 10.8. The molecule has 0 aliphatic heterocycles. The summed E-state index contributed by atoms with van der Waals surface area (Å²) in [5.41, 5.74) is 7.39. The summed E-state index contributed by atoms with van der Waals surface area (Å²) in [6, 6.07) is 18.4. The molecule has 1 aliphatic rings. The van der Waals surface area contributed by atoms with E-state index in [1.54, 1.807) is 0 Å². The Morgan fingerprint density at radius 1 is 1.00 bits per heavy atom. The van der Waals surface area contributed by atoms with E-state index >= 15 is 0 Å². The number of carbonyl (C=O) groups excluding carboxylic acids is 1. The number of amides is 1. The fourth-order valence-corrected chi connectivity index (χ4v) is 2.81. The van der Waals surface area contributed by atoms with Crippen molar-refractivity contribution < 1.29 is 4.79 Å². The topological polar surface area (TPSA) is 41.5 Å². The smallest absolute Gasteiger partial charge is 0.240 e. The van der Waals surface area contributed by atoms with Crippen molar-refractivity contribution in [2.75, 3.05) is 0 Å². The van der Waals surface area contributed by atoms with E-state index in [0.29, 0.717) is 6.42 Å². The zero-order valence-corrected chi connectivity index (χ0v) is 12.6. The molecule has 0 radical (unpaired) electrons. The maximum Gasteiger partial charge on any atom is 0.240 e. The molecule has 2 aromatic rings. The maximum absolute atomic E-state index is 12.0. The number of nitrogens with zero attached hydrogens (tertiary/aromatic N) is 1. The quantitative estimate of drug-likeness (QED) is 0.861. The summed E-state index contributed by atoms with van der Waals surface area (Å²) >= 11 is 0. The minimum absolute atomic E-state index is 0.0283. The number of hydrazone groups is 1. The van der Waals surface area contributed by atoms with Gasteiger partial charge in [-0.15, -0.1) is 0 Å². The van der Waals surface area contributed by atoms with Gasteiger partial charge in [0.05, 0.1) is 5.71 Å². The molecule has 0 saturated carbocycles. The Balaban J connectivity index is 1.59. The van der Waals surface area contributed by atoms with E-state index in [1.807, 2.05) is 36.4 Å². The standard InChI is InChI=1S/C19H20N2O/c22-19(14-13-15-7-2-1-3-8-15)21-20-18-12-6-10-16-9-4-5-11-17(16)18/h1-5,7-9,11H,6,10,12-14H2,(H,21,22)/b20-18-. The molecular formula is C19H20N2O. The van der Waals surface area contributed by atoms with Gasteiger partial charge in [0.25, 0.3) is 0 Å². The van der Waals surface area contributed by atoms with Gasteiger partial charge in [-0.25, -0.2) is 5.43 Å². The fraction of sp³-hybridized carbons (Fsp3) is 0.263. The molecule has 0 fully saturated rings. The maximum atomic E-state index is 12.0. The number of fused-ring (bicyclic) bond motifs is 1. The molecular weight excluding hydrogens is 272 g/mol. The third-order valence-corrected chi connectivity index (χ3v) is 3.99. The zero-order chi connectivity index (χ0) is 15.2. The van der Waals surface area contributed by atoms with Crippen LogP contribution in [-0.2, 0) is 17.6 Å². The van der Waals surface area contributed by atoms with Crippen molar-refractivity contribution in [3.8, 4) is 0 Å². The Morgan fingerprint density at radius 2 is 1.77 bits per heavy atom. The van der Waals surface area contributed by atoms with Crippen LogP contribution in [0.4, 0.5) is 0 Å². The third-order valence-electron chi connectivity index (χ3n) is 3.99. The fourth-order valence-electron chi connectivity index (χ4n) is 2.81. The molecule has 22 heavy (non-hydrogen) atoms. The number of carbonyl (C=O) groups is 1. The minimum atomic E-state index is -0.0283. The number of nitrogens with one attached hydrogen (secondary N) is 1. The zero-order valence-electron chi connectivity index (χ0n) is 12.6. The molecule has 0 unspecified atom stereocenters. The molecule has 0 heterocycles. The molecule has 1 aliphatic carbocycles. The monoisotopic (exact) mass is 292 g/mol. The number of rotatable bonds is 4. The van der Waals surface area contributed by atoms with Crippen molar-refractivity contribution in [3.63, 3.8) is 0 Å². The Labute approximate surface area is 131 Å². The van der Waals surface area contributed by atoms with Crippen LogP contribution in [0.3, 0.4) is 0 Å². The summed E-state index contributed by atoms with van der Waals surface area (Å²) in [6.07, 6.45) is 4.32. The molecule has 112 valence electrons. The first kappa shape index (κ1) is 14.5. The molecule has 3 rings (SSSR count). The largest absolute Gasteiger partial charge is 0.273 e. The normalized spacial score (nSPS) is 15.4. The Morgan fingerprint density at radius 3 is 2.64 bits per heavy atom. The van der Waals surface area contributed by atoms with Crippen molar-refractivity contribution in [1.29, 1.82) is 0 Å². The summed E-state index contributed by atoms with van der Waals surface area (Å²) < 4.78 is 0. The SMILES string of the molecule is O=C(CCc1ccccc1)N/N=C1/CCCc2ccccc21. The number of aryl methyl sites for hydroxylation is 2. The lowest BCUT2D eigenvalue weighted by atomic mass is 9.90. The lowest BCUT2D eigenvalue weighted by molar-refractivity contribution is -0.121. The Bertz CT molecular complexity index is 677. The third kappa shape index (κ3) is 3.61. The highest BCUT2D eigenvalue weighted by Gasteiger charge is 2.15. The lowest BCUT2D eigenvalue weighted by Crippen LogP contribution is -2.22. The van der Waals surface area contributed by atoms with Gasteiger partial charge in [-0.2, -0.15) is 5.10 Å². The summed E-state index contributed by atoms with van der Waals surface area (Å²) in [7, 11) is 0. The Kier molecular flexibility index (Phi) is 4.64. The molecule has 1 amide bonds. The van der Waals surface area contributed by atoms with Gasteiger partial charge in [0.15, 0.2) is 0 Å². The van der Waals surface area contributed by atoms with Gasteiger partial charge in [0, 0.05) is 12.0 Å². The van der Waals surface area contributed by atoms with Gasteiger partial charge in [-0.05, 0) is 36.8 Å². The molecule has 0 aromatic heterocycles. The van der Waals surface area contributed by atoms with Gasteiger partial charge in [-0.1, -0.05) is 54.6 Å². The second kappa shape index (κ2) is 7.03. The van der Waals surface area contributed by atoms with E-state index in [4.69, 9.17) is 0 Å². The average Bonchev–Trinajstić information content (AvgIpc) is 2.59. The molecule has 0 atom stereocenters. The molecule has 2 aromatic carbocycles. The second-order valence-corrected chi connectivity index (χ2v) is 5.59. The van der Waals surface area contributed by atoms with Crippen LogP contribution in [0, 0.1) is 0 Å². The van der Waals surface area contributed by atoms with E-state index in [-0.39, 0.29) is 5.91 Å². The highest BCUT2D eigenvalue weighted by Crippen LogP contribution is 2.21. The van der Waals surface area contributed by atoms with Crippen molar-refractivity contribution >= 4 is 11.6 Å². The van der Waals surface area contributed by atoms with Crippen LogP contribution in [0.25, 0.3) is 0 Å². The van der Waals surface area contributed by atoms with Gasteiger partial charge in [0.2, 0.25) is 5.91 Å². The minimum Gasteiger partial charge on any atom is -0.273 e. The highest BCUT2D eigenvalue weighted by atomic mass is 16.2. The summed E-state index contributed by atoms with van der Waals surface area (Å²) in [5, 5.41) is 4.35. The van der Waals surface area contributed by atoms with Crippen LogP contribution in [0.2, 0.25) is 0 Å². The Hall–Kier alpha value is -2.42. The van der Waals surface area contributed by atoms with Gasteiger partial charge in [-0.3, -0.25) is 4.79 Å².